The maximum Gasteiger partial charge on any atom is -0.0232 e. The van der Waals surface area contributed by atoms with Crippen molar-refractivity contribution in [1.29, 1.82) is 0 Å². The molecule has 0 saturated heterocycles. The Balaban J connectivity index is 1.98. The van der Waals surface area contributed by atoms with Gasteiger partial charge in [0.15, 0.2) is 0 Å². The second kappa shape index (κ2) is 2.11. The molecule has 0 radical (unpaired) electrons. The highest BCUT2D eigenvalue weighted by molar-refractivity contribution is 5.06. The zero-order chi connectivity index (χ0) is 7.03. The minimum Gasteiger partial charge on any atom is -0.103 e. The predicted molar refractivity (Wildman–Crippen MR) is 43.8 cm³/mol. The van der Waals surface area contributed by atoms with Crippen LogP contribution in [0.1, 0.15) is 38.5 Å². The van der Waals surface area contributed by atoms with Crippen LogP contribution in [0.4, 0.5) is 0 Å². The third kappa shape index (κ3) is 0.817. The molecule has 2 fully saturated rings. The molecular formula is C10H16. The van der Waals surface area contributed by atoms with Gasteiger partial charge in [0.25, 0.3) is 0 Å². The van der Waals surface area contributed by atoms with Gasteiger partial charge < -0.3 is 0 Å². The van der Waals surface area contributed by atoms with Crippen LogP contribution in [0.15, 0.2) is 12.7 Å². The van der Waals surface area contributed by atoms with Crippen LogP contribution in [0.3, 0.4) is 0 Å². The highest BCUT2D eigenvalue weighted by atomic mass is 14.6. The Bertz CT molecular complexity index is 148. The van der Waals surface area contributed by atoms with Gasteiger partial charge in [0.1, 0.15) is 0 Å². The van der Waals surface area contributed by atoms with Gasteiger partial charge in [0, 0.05) is 0 Å². The highest BCUT2D eigenvalue weighted by Crippen LogP contribution is 2.63. The Labute approximate surface area is 63.3 Å². The summed E-state index contributed by atoms with van der Waals surface area (Å²) in [6.45, 7) is 3.83. The van der Waals surface area contributed by atoms with Crippen molar-refractivity contribution in [3.8, 4) is 0 Å². The first-order valence-corrected chi connectivity index (χ1v) is 4.48. The summed E-state index contributed by atoms with van der Waals surface area (Å²) in [4.78, 5) is 0. The van der Waals surface area contributed by atoms with Crippen molar-refractivity contribution in [2.24, 2.45) is 11.3 Å². The maximum absolute atomic E-state index is 3.83. The van der Waals surface area contributed by atoms with Gasteiger partial charge in [-0.25, -0.2) is 0 Å². The largest absolute Gasteiger partial charge is 0.103 e. The first-order chi connectivity index (χ1) is 4.87. The fourth-order valence-electron chi connectivity index (χ4n) is 2.65. The van der Waals surface area contributed by atoms with E-state index in [0.29, 0.717) is 0 Å². The molecule has 2 atom stereocenters. The van der Waals surface area contributed by atoms with Gasteiger partial charge in [0.05, 0.1) is 0 Å². The molecule has 2 aliphatic rings. The van der Waals surface area contributed by atoms with Gasteiger partial charge in [-0.05, 0) is 37.0 Å². The van der Waals surface area contributed by atoms with Crippen molar-refractivity contribution in [2.45, 2.75) is 38.5 Å². The van der Waals surface area contributed by atoms with Gasteiger partial charge in [-0.15, -0.1) is 6.58 Å². The third-order valence-corrected chi connectivity index (χ3v) is 3.39. The summed E-state index contributed by atoms with van der Waals surface area (Å²) in [5.41, 5.74) is 0.778. The Hall–Kier alpha value is -0.260. The normalized spacial score (nSPS) is 44.2. The van der Waals surface area contributed by atoms with Gasteiger partial charge in [-0.3, -0.25) is 0 Å². The fraction of sp³-hybridized carbons (Fsp3) is 0.800. The molecule has 0 heterocycles. The molecule has 0 aliphatic heterocycles. The number of fused-ring (bicyclic) bond motifs is 1. The summed E-state index contributed by atoms with van der Waals surface area (Å²) in [6, 6.07) is 0. The van der Waals surface area contributed by atoms with Gasteiger partial charge in [-0.1, -0.05) is 18.9 Å². The minimum absolute atomic E-state index is 0.778. The Morgan fingerprint density at radius 3 is 3.10 bits per heavy atom. The molecule has 0 aromatic carbocycles. The van der Waals surface area contributed by atoms with E-state index in [-0.39, 0.29) is 0 Å². The molecule has 0 nitrogen and oxygen atoms in total. The van der Waals surface area contributed by atoms with Crippen LogP contribution in [0.2, 0.25) is 0 Å². The summed E-state index contributed by atoms with van der Waals surface area (Å²) in [7, 11) is 0. The fourth-order valence-corrected chi connectivity index (χ4v) is 2.65. The molecular weight excluding hydrogens is 120 g/mol. The molecule has 2 unspecified atom stereocenters. The van der Waals surface area contributed by atoms with Crippen molar-refractivity contribution < 1.29 is 0 Å². The average molecular weight is 136 g/mol. The van der Waals surface area contributed by atoms with E-state index < -0.39 is 0 Å². The third-order valence-electron chi connectivity index (χ3n) is 3.39. The summed E-state index contributed by atoms with van der Waals surface area (Å²) >= 11 is 0. The lowest BCUT2D eigenvalue weighted by molar-refractivity contribution is 0.340. The maximum atomic E-state index is 3.83. The quantitative estimate of drug-likeness (QED) is 0.511. The Morgan fingerprint density at radius 2 is 2.40 bits per heavy atom. The van der Waals surface area contributed by atoms with Crippen LogP contribution < -0.4 is 0 Å². The van der Waals surface area contributed by atoms with Crippen molar-refractivity contribution in [3.05, 3.63) is 12.7 Å². The van der Waals surface area contributed by atoms with E-state index in [0.717, 1.165) is 11.3 Å². The zero-order valence-corrected chi connectivity index (χ0v) is 6.60. The molecule has 56 valence electrons. The van der Waals surface area contributed by atoms with Crippen molar-refractivity contribution >= 4 is 0 Å². The van der Waals surface area contributed by atoms with Crippen LogP contribution in [-0.2, 0) is 0 Å². The summed E-state index contributed by atoms with van der Waals surface area (Å²) in [5, 5.41) is 0. The van der Waals surface area contributed by atoms with Crippen molar-refractivity contribution in [2.75, 3.05) is 0 Å². The lowest BCUT2D eigenvalue weighted by Gasteiger charge is -2.19. The molecule has 2 rings (SSSR count). The van der Waals surface area contributed by atoms with E-state index in [4.69, 9.17) is 0 Å². The van der Waals surface area contributed by atoms with E-state index in [9.17, 15) is 0 Å². The number of allylic oxidation sites excluding steroid dienone is 1. The second-order valence-electron chi connectivity index (χ2n) is 4.00. The molecule has 0 amide bonds. The lowest BCUT2D eigenvalue weighted by Crippen LogP contribution is -2.07. The molecule has 10 heavy (non-hydrogen) atoms. The first-order valence-electron chi connectivity index (χ1n) is 4.48. The van der Waals surface area contributed by atoms with E-state index in [1.54, 1.807) is 0 Å². The van der Waals surface area contributed by atoms with Crippen molar-refractivity contribution in [1.82, 2.24) is 0 Å². The summed E-state index contributed by atoms with van der Waals surface area (Å²) < 4.78 is 0. The van der Waals surface area contributed by atoms with E-state index >= 15 is 0 Å². The molecule has 0 aromatic heterocycles. The van der Waals surface area contributed by atoms with Gasteiger partial charge in [0.2, 0.25) is 0 Å². The molecule has 0 bridgehead atoms. The van der Waals surface area contributed by atoms with E-state index in [1.165, 1.54) is 38.5 Å². The van der Waals surface area contributed by atoms with Crippen molar-refractivity contribution in [3.63, 3.8) is 0 Å². The molecule has 0 spiro atoms. The molecule has 2 saturated carbocycles. The molecule has 2 aliphatic carbocycles. The Kier molecular flexibility index (Phi) is 1.36. The molecule has 0 N–H and O–H groups in total. The van der Waals surface area contributed by atoms with Crippen LogP contribution in [0, 0.1) is 11.3 Å². The Morgan fingerprint density at radius 1 is 1.50 bits per heavy atom. The summed E-state index contributed by atoms with van der Waals surface area (Å²) in [6.07, 6.45) is 10.9. The number of hydrogen-bond acceptors (Lipinski definition) is 0. The molecule has 0 heteroatoms. The van der Waals surface area contributed by atoms with Crippen LogP contribution in [0.25, 0.3) is 0 Å². The lowest BCUT2D eigenvalue weighted by atomic mass is 9.86. The second-order valence-corrected chi connectivity index (χ2v) is 4.00. The topological polar surface area (TPSA) is 0 Å². The first kappa shape index (κ1) is 6.45. The van der Waals surface area contributed by atoms with Crippen LogP contribution in [-0.4, -0.2) is 0 Å². The van der Waals surface area contributed by atoms with E-state index in [2.05, 4.69) is 12.7 Å². The average Bonchev–Trinajstić information content (AvgIpc) is 2.62. The van der Waals surface area contributed by atoms with Gasteiger partial charge in [-0.2, -0.15) is 0 Å². The number of hydrogen-bond donors (Lipinski definition) is 0. The monoisotopic (exact) mass is 136 g/mol. The minimum atomic E-state index is 0.778. The van der Waals surface area contributed by atoms with Crippen LogP contribution in [0.5, 0.6) is 0 Å². The van der Waals surface area contributed by atoms with Crippen LogP contribution >= 0.6 is 0 Å². The van der Waals surface area contributed by atoms with E-state index in [1.807, 2.05) is 0 Å². The zero-order valence-electron chi connectivity index (χ0n) is 6.60. The number of rotatable bonds is 2. The highest BCUT2D eigenvalue weighted by Gasteiger charge is 2.53. The SMILES string of the molecule is C=CCC12CCCCC1C2. The summed E-state index contributed by atoms with van der Waals surface area (Å²) in [5.74, 6) is 1.10. The smallest absolute Gasteiger partial charge is 0.0232 e. The molecule has 0 aromatic rings. The standard InChI is InChI=1S/C10H16/c1-2-6-10-7-4-3-5-9(10)8-10/h2,9H,1,3-8H2. The predicted octanol–water partition coefficient (Wildman–Crippen LogP) is 3.14. The van der Waals surface area contributed by atoms with Gasteiger partial charge >= 0.3 is 0 Å².